The number of carbonyl (C=O) groups excluding carboxylic acids is 1. The molecule has 0 aromatic rings. The molecule has 1 unspecified atom stereocenters. The molecular weight excluding hydrogens is 238 g/mol. The predicted molar refractivity (Wildman–Crippen MR) is 71.9 cm³/mol. The third-order valence-corrected chi connectivity index (χ3v) is 5.52. The van der Waals surface area contributed by atoms with Gasteiger partial charge in [0.1, 0.15) is 6.04 Å². The van der Waals surface area contributed by atoms with Gasteiger partial charge in [-0.25, -0.2) is 0 Å². The summed E-state index contributed by atoms with van der Waals surface area (Å²) in [4.78, 5) is 14.5. The number of nitriles is 1. The van der Waals surface area contributed by atoms with Crippen LogP contribution < -0.4 is 5.73 Å². The molecule has 19 heavy (non-hydrogen) atoms. The van der Waals surface area contributed by atoms with Gasteiger partial charge in [0.25, 0.3) is 0 Å². The van der Waals surface area contributed by atoms with E-state index in [9.17, 15) is 10.1 Å². The monoisotopic (exact) mass is 261 g/mol. The second-order valence-corrected chi connectivity index (χ2v) is 6.88. The molecule has 1 amide bonds. The lowest BCUT2D eigenvalue weighted by Crippen LogP contribution is -2.54. The average Bonchev–Trinajstić information content (AvgIpc) is 3.09. The number of fused-ring (bicyclic) bond motifs is 1. The number of hydrogen-bond acceptors (Lipinski definition) is 3. The average molecular weight is 261 g/mol. The van der Waals surface area contributed by atoms with Crippen molar-refractivity contribution >= 4 is 5.91 Å². The molecule has 4 heteroatoms. The largest absolute Gasteiger partial charge is 0.322 e. The fourth-order valence-corrected chi connectivity index (χ4v) is 4.02. The van der Waals surface area contributed by atoms with Gasteiger partial charge >= 0.3 is 0 Å². The van der Waals surface area contributed by atoms with Crippen molar-refractivity contribution in [1.82, 2.24) is 4.90 Å². The molecule has 0 aromatic heterocycles. The van der Waals surface area contributed by atoms with Crippen molar-refractivity contribution in [1.29, 1.82) is 5.26 Å². The smallest absolute Gasteiger partial charge is 0.241 e. The Bertz CT molecular complexity index is 422. The van der Waals surface area contributed by atoms with Gasteiger partial charge in [-0.15, -0.1) is 0 Å². The first-order chi connectivity index (χ1) is 9.07. The minimum absolute atomic E-state index is 0.0287. The molecule has 0 radical (unpaired) electrons. The van der Waals surface area contributed by atoms with E-state index < -0.39 is 6.04 Å². The van der Waals surface area contributed by atoms with Gasteiger partial charge < -0.3 is 10.6 Å². The SMILES string of the molecule is CC1([C@H](N)C(=O)N2C(C#N)C[C@@H]3C[C@@H]32)CCCCC1. The van der Waals surface area contributed by atoms with Gasteiger partial charge in [-0.1, -0.05) is 26.2 Å². The molecular formula is C15H23N3O. The standard InChI is InChI=1S/C15H23N3O/c1-15(5-3-2-4-6-15)13(17)14(19)18-11(9-16)7-10-8-12(10)18/h10-13H,2-8,17H2,1H3/t10-,11?,12+,13-/m1/s1. The van der Waals surface area contributed by atoms with Gasteiger partial charge in [0, 0.05) is 6.04 Å². The fraction of sp³-hybridized carbons (Fsp3) is 0.867. The summed E-state index contributed by atoms with van der Waals surface area (Å²) in [6, 6.07) is 1.94. The predicted octanol–water partition coefficient (Wildman–Crippen LogP) is 1.80. The van der Waals surface area contributed by atoms with Crippen LogP contribution in [-0.2, 0) is 4.79 Å². The van der Waals surface area contributed by atoms with E-state index in [-0.39, 0.29) is 17.4 Å². The van der Waals surface area contributed by atoms with E-state index in [1.54, 1.807) is 0 Å². The number of nitrogens with two attached hydrogens (primary N) is 1. The van der Waals surface area contributed by atoms with Gasteiger partial charge in [0.2, 0.25) is 5.91 Å². The minimum atomic E-state index is -0.428. The normalized spacial score (nSPS) is 37.3. The van der Waals surface area contributed by atoms with E-state index in [1.807, 2.05) is 4.90 Å². The highest BCUT2D eigenvalue weighted by Crippen LogP contribution is 2.49. The highest BCUT2D eigenvalue weighted by Gasteiger charge is 2.56. The second-order valence-electron chi connectivity index (χ2n) is 6.88. The van der Waals surface area contributed by atoms with Crippen LogP contribution in [0.1, 0.15) is 51.9 Å². The Morgan fingerprint density at radius 3 is 2.68 bits per heavy atom. The highest BCUT2D eigenvalue weighted by molar-refractivity contribution is 5.84. The summed E-state index contributed by atoms with van der Waals surface area (Å²) in [5.74, 6) is 0.598. The zero-order valence-corrected chi connectivity index (χ0v) is 11.6. The lowest BCUT2D eigenvalue weighted by atomic mass is 9.70. The summed E-state index contributed by atoms with van der Waals surface area (Å²) in [5, 5.41) is 9.20. The first-order valence-electron chi connectivity index (χ1n) is 7.54. The molecule has 1 saturated heterocycles. The maximum absolute atomic E-state index is 12.7. The first kappa shape index (κ1) is 12.9. The van der Waals surface area contributed by atoms with E-state index in [1.165, 1.54) is 19.3 Å². The summed E-state index contributed by atoms with van der Waals surface area (Å²) < 4.78 is 0. The van der Waals surface area contributed by atoms with Gasteiger partial charge in [-0.2, -0.15) is 5.26 Å². The van der Waals surface area contributed by atoms with Crippen LogP contribution in [0, 0.1) is 22.7 Å². The zero-order valence-electron chi connectivity index (χ0n) is 11.6. The van der Waals surface area contributed by atoms with Crippen LogP contribution in [0.2, 0.25) is 0 Å². The molecule has 4 atom stereocenters. The Morgan fingerprint density at radius 1 is 1.37 bits per heavy atom. The van der Waals surface area contributed by atoms with E-state index in [4.69, 9.17) is 5.73 Å². The number of likely N-dealkylation sites (tertiary alicyclic amines) is 1. The summed E-state index contributed by atoms with van der Waals surface area (Å²) in [7, 11) is 0. The summed E-state index contributed by atoms with van der Waals surface area (Å²) in [6.07, 6.45) is 7.62. The molecule has 1 heterocycles. The Balaban J connectivity index is 1.74. The molecule has 0 spiro atoms. The first-order valence-corrected chi connectivity index (χ1v) is 7.54. The Kier molecular flexibility index (Phi) is 3.05. The third kappa shape index (κ3) is 2.04. The molecule has 2 aliphatic carbocycles. The Morgan fingerprint density at radius 2 is 2.05 bits per heavy atom. The molecule has 3 fully saturated rings. The molecule has 2 saturated carbocycles. The van der Waals surface area contributed by atoms with Crippen molar-refractivity contribution in [3.8, 4) is 6.07 Å². The number of carbonyl (C=O) groups is 1. The van der Waals surface area contributed by atoms with Gasteiger partial charge in [0.05, 0.1) is 12.1 Å². The van der Waals surface area contributed by atoms with E-state index in [0.29, 0.717) is 12.0 Å². The third-order valence-electron chi connectivity index (χ3n) is 5.52. The zero-order chi connectivity index (χ0) is 13.6. The van der Waals surface area contributed by atoms with Crippen LogP contribution in [0.5, 0.6) is 0 Å². The van der Waals surface area contributed by atoms with Crippen molar-refractivity contribution in [2.75, 3.05) is 0 Å². The molecule has 3 aliphatic rings. The van der Waals surface area contributed by atoms with Crippen LogP contribution >= 0.6 is 0 Å². The van der Waals surface area contributed by atoms with Gasteiger partial charge in [0.15, 0.2) is 0 Å². The molecule has 4 nitrogen and oxygen atoms in total. The summed E-state index contributed by atoms with van der Waals surface area (Å²) in [6.45, 7) is 2.15. The number of piperidine rings is 1. The molecule has 0 aromatic carbocycles. The van der Waals surface area contributed by atoms with Crippen LogP contribution in [-0.4, -0.2) is 28.9 Å². The highest BCUT2D eigenvalue weighted by atomic mass is 16.2. The summed E-state index contributed by atoms with van der Waals surface area (Å²) in [5.41, 5.74) is 6.24. The molecule has 2 N–H and O–H groups in total. The topological polar surface area (TPSA) is 70.1 Å². The molecule has 0 bridgehead atoms. The van der Waals surface area contributed by atoms with Crippen molar-refractivity contribution in [3.63, 3.8) is 0 Å². The van der Waals surface area contributed by atoms with E-state index in [2.05, 4.69) is 13.0 Å². The van der Waals surface area contributed by atoms with Crippen molar-refractivity contribution in [2.24, 2.45) is 17.1 Å². The number of amides is 1. The van der Waals surface area contributed by atoms with Crippen molar-refractivity contribution in [3.05, 3.63) is 0 Å². The fourth-order valence-electron chi connectivity index (χ4n) is 4.02. The second kappa shape index (κ2) is 4.49. The van der Waals surface area contributed by atoms with Crippen molar-refractivity contribution in [2.45, 2.75) is 70.0 Å². The number of rotatable bonds is 2. The minimum Gasteiger partial charge on any atom is -0.322 e. The molecule has 104 valence electrons. The van der Waals surface area contributed by atoms with Crippen LogP contribution in [0.15, 0.2) is 0 Å². The lowest BCUT2D eigenvalue weighted by molar-refractivity contribution is -0.137. The van der Waals surface area contributed by atoms with E-state index >= 15 is 0 Å². The van der Waals surface area contributed by atoms with E-state index in [0.717, 1.165) is 25.7 Å². The maximum atomic E-state index is 12.7. The number of nitrogens with zero attached hydrogens (tertiary/aromatic N) is 2. The number of hydrogen-bond donors (Lipinski definition) is 1. The Hall–Kier alpha value is -1.08. The Labute approximate surface area is 114 Å². The lowest BCUT2D eigenvalue weighted by Gasteiger charge is -2.40. The van der Waals surface area contributed by atoms with Crippen LogP contribution in [0.3, 0.4) is 0 Å². The van der Waals surface area contributed by atoms with Crippen LogP contribution in [0.25, 0.3) is 0 Å². The molecule has 3 rings (SSSR count). The quantitative estimate of drug-likeness (QED) is 0.824. The van der Waals surface area contributed by atoms with Gasteiger partial charge in [-0.3, -0.25) is 4.79 Å². The van der Waals surface area contributed by atoms with Gasteiger partial charge in [-0.05, 0) is 37.0 Å². The van der Waals surface area contributed by atoms with Crippen LogP contribution in [0.4, 0.5) is 0 Å². The molecule has 1 aliphatic heterocycles. The summed E-state index contributed by atoms with van der Waals surface area (Å²) >= 11 is 0. The van der Waals surface area contributed by atoms with Crippen molar-refractivity contribution < 1.29 is 4.79 Å². The maximum Gasteiger partial charge on any atom is 0.241 e.